The third-order valence-electron chi connectivity index (χ3n) is 5.34. The van der Waals surface area contributed by atoms with Crippen molar-refractivity contribution in [1.82, 2.24) is 10.2 Å². The molecule has 0 saturated heterocycles. The first kappa shape index (κ1) is 25.8. The molecule has 30 heavy (non-hydrogen) atoms. The van der Waals surface area contributed by atoms with Gasteiger partial charge in [0, 0.05) is 32.0 Å². The predicted octanol–water partition coefficient (Wildman–Crippen LogP) is 3.57. The first-order valence-corrected chi connectivity index (χ1v) is 10.3. The Morgan fingerprint density at radius 3 is 2.37 bits per heavy atom. The summed E-state index contributed by atoms with van der Waals surface area (Å²) >= 11 is 5.86. The molecule has 1 aromatic rings. The zero-order chi connectivity index (χ0) is 22.8. The average molecular weight is 446 g/mol. The van der Waals surface area contributed by atoms with E-state index in [9.17, 15) is 18.4 Å². The summed E-state index contributed by atoms with van der Waals surface area (Å²) in [7, 11) is 3.26. The number of nitrogens with one attached hydrogen (secondary N) is 1. The Hall–Kier alpha value is -2.22. The molecule has 0 bridgehead atoms. The Labute approximate surface area is 181 Å². The van der Waals surface area contributed by atoms with Crippen molar-refractivity contribution in [2.45, 2.75) is 51.5 Å². The fourth-order valence-electron chi connectivity index (χ4n) is 3.63. The van der Waals surface area contributed by atoms with E-state index in [1.807, 2.05) is 6.92 Å². The quantitative estimate of drug-likeness (QED) is 0.496. The highest BCUT2D eigenvalue weighted by Gasteiger charge is 2.34. The van der Waals surface area contributed by atoms with Gasteiger partial charge in [0.25, 0.3) is 0 Å². The fraction of sp³-hybridized carbons (Fsp3) is 0.571. The third-order valence-corrected chi connectivity index (χ3v) is 5.63. The van der Waals surface area contributed by atoms with Crippen LogP contribution in [0.1, 0.15) is 57.1 Å². The minimum absolute atomic E-state index is 0.0570. The predicted molar refractivity (Wildman–Crippen MR) is 112 cm³/mol. The van der Waals surface area contributed by atoms with Crippen molar-refractivity contribution in [1.29, 1.82) is 0 Å². The molecule has 3 amide bonds. The van der Waals surface area contributed by atoms with Gasteiger partial charge in [0.15, 0.2) is 0 Å². The van der Waals surface area contributed by atoms with Gasteiger partial charge in [0.05, 0.1) is 11.1 Å². The Morgan fingerprint density at radius 2 is 1.87 bits per heavy atom. The standard InChI is InChI=1S/C20H27ClF2N2O2.CH3NO/c1-4-12(11-16(26)25(2)3)20(27)24-19(13-7-5-6-8-13)17-15(22)10-9-14(21)18(17)23;2-1-3/h9-10,12-13,19H,4-8,11H2,1-3H3,(H,24,27);1H,(H2,2,3). The van der Waals surface area contributed by atoms with Gasteiger partial charge in [-0.1, -0.05) is 31.4 Å². The summed E-state index contributed by atoms with van der Waals surface area (Å²) in [4.78, 5) is 34.8. The lowest BCUT2D eigenvalue weighted by Crippen LogP contribution is -2.39. The molecule has 1 saturated carbocycles. The van der Waals surface area contributed by atoms with Gasteiger partial charge < -0.3 is 16.0 Å². The highest BCUT2D eigenvalue weighted by atomic mass is 35.5. The average Bonchev–Trinajstić information content (AvgIpc) is 3.23. The number of primary amides is 1. The number of benzene rings is 1. The first-order chi connectivity index (χ1) is 14.2. The van der Waals surface area contributed by atoms with Crippen LogP contribution in [0.3, 0.4) is 0 Å². The summed E-state index contributed by atoms with van der Waals surface area (Å²) in [6, 6.07) is 1.51. The van der Waals surface area contributed by atoms with E-state index in [-0.39, 0.29) is 41.1 Å². The van der Waals surface area contributed by atoms with E-state index in [1.54, 1.807) is 14.1 Å². The van der Waals surface area contributed by atoms with E-state index in [2.05, 4.69) is 11.1 Å². The highest BCUT2D eigenvalue weighted by molar-refractivity contribution is 6.30. The minimum Gasteiger partial charge on any atom is -0.372 e. The zero-order valence-corrected chi connectivity index (χ0v) is 18.3. The molecule has 168 valence electrons. The van der Waals surface area contributed by atoms with Crippen LogP contribution in [0, 0.1) is 23.5 Å². The Bertz CT molecular complexity index is 740. The van der Waals surface area contributed by atoms with E-state index in [4.69, 9.17) is 16.4 Å². The Kier molecular flexibility index (Phi) is 10.7. The number of carbonyl (C=O) groups excluding carboxylic acids is 3. The van der Waals surface area contributed by atoms with Crippen LogP contribution in [-0.2, 0) is 14.4 Å². The van der Waals surface area contributed by atoms with Crippen LogP contribution in [0.25, 0.3) is 0 Å². The molecule has 1 aliphatic carbocycles. The lowest BCUT2D eigenvalue weighted by Gasteiger charge is -2.28. The van der Waals surface area contributed by atoms with Crippen LogP contribution in [0.2, 0.25) is 5.02 Å². The number of amides is 3. The number of rotatable bonds is 7. The topological polar surface area (TPSA) is 92.5 Å². The molecule has 0 heterocycles. The van der Waals surface area contributed by atoms with Crippen LogP contribution < -0.4 is 11.1 Å². The maximum atomic E-state index is 14.6. The second kappa shape index (κ2) is 12.5. The lowest BCUT2D eigenvalue weighted by atomic mass is 9.89. The molecule has 0 spiro atoms. The number of hydrogen-bond donors (Lipinski definition) is 2. The molecular formula is C21H30ClF2N3O3. The summed E-state index contributed by atoms with van der Waals surface area (Å²) in [5.41, 5.74) is 3.98. The van der Waals surface area contributed by atoms with E-state index in [0.717, 1.165) is 31.7 Å². The monoisotopic (exact) mass is 445 g/mol. The van der Waals surface area contributed by atoms with Gasteiger partial charge in [0.1, 0.15) is 11.6 Å². The van der Waals surface area contributed by atoms with Gasteiger partial charge >= 0.3 is 0 Å². The fourth-order valence-corrected chi connectivity index (χ4v) is 3.80. The maximum absolute atomic E-state index is 14.6. The normalized spacial score (nSPS) is 15.5. The molecule has 6 nitrogen and oxygen atoms in total. The van der Waals surface area contributed by atoms with Crippen molar-refractivity contribution in [2.24, 2.45) is 17.6 Å². The second-order valence-corrected chi connectivity index (χ2v) is 7.93. The molecule has 0 radical (unpaired) electrons. The SMILES string of the molecule is CCC(CC(=O)N(C)C)C(=O)NC(c1c(F)ccc(Cl)c1F)C1CCCC1.NC=O. The van der Waals surface area contributed by atoms with Crippen molar-refractivity contribution >= 4 is 29.8 Å². The molecule has 2 unspecified atom stereocenters. The van der Waals surface area contributed by atoms with Crippen LogP contribution in [0.5, 0.6) is 0 Å². The molecule has 2 rings (SSSR count). The number of carbonyl (C=O) groups is 3. The van der Waals surface area contributed by atoms with E-state index in [1.165, 1.54) is 11.0 Å². The Morgan fingerprint density at radius 1 is 1.30 bits per heavy atom. The van der Waals surface area contributed by atoms with Gasteiger partial charge in [-0.2, -0.15) is 0 Å². The molecule has 2 atom stereocenters. The lowest BCUT2D eigenvalue weighted by molar-refractivity contribution is -0.135. The van der Waals surface area contributed by atoms with Gasteiger partial charge in [-0.15, -0.1) is 0 Å². The number of hydrogen-bond acceptors (Lipinski definition) is 3. The molecular weight excluding hydrogens is 416 g/mol. The zero-order valence-electron chi connectivity index (χ0n) is 17.6. The maximum Gasteiger partial charge on any atom is 0.224 e. The summed E-state index contributed by atoms with van der Waals surface area (Å²) in [5.74, 6) is -2.66. The summed E-state index contributed by atoms with van der Waals surface area (Å²) < 4.78 is 29.1. The molecule has 3 N–H and O–H groups in total. The summed E-state index contributed by atoms with van der Waals surface area (Å²) in [5, 5.41) is 2.66. The first-order valence-electron chi connectivity index (χ1n) is 9.97. The smallest absolute Gasteiger partial charge is 0.224 e. The molecule has 0 aromatic heterocycles. The largest absolute Gasteiger partial charge is 0.372 e. The number of nitrogens with zero attached hydrogens (tertiary/aromatic N) is 1. The number of halogens is 3. The summed E-state index contributed by atoms with van der Waals surface area (Å²) in [6.07, 6.45) is 4.25. The Balaban J connectivity index is 0.00000141. The molecule has 0 aliphatic heterocycles. The molecule has 1 aliphatic rings. The van der Waals surface area contributed by atoms with Crippen molar-refractivity contribution < 1.29 is 23.2 Å². The van der Waals surface area contributed by atoms with Crippen LogP contribution in [0.15, 0.2) is 12.1 Å². The van der Waals surface area contributed by atoms with Crippen molar-refractivity contribution in [3.63, 3.8) is 0 Å². The molecule has 9 heteroatoms. The van der Waals surface area contributed by atoms with Gasteiger partial charge in [0.2, 0.25) is 18.2 Å². The van der Waals surface area contributed by atoms with Gasteiger partial charge in [-0.25, -0.2) is 8.78 Å². The minimum atomic E-state index is -0.828. The highest BCUT2D eigenvalue weighted by Crippen LogP contribution is 2.39. The van der Waals surface area contributed by atoms with E-state index in [0.29, 0.717) is 6.42 Å². The van der Waals surface area contributed by atoms with Crippen LogP contribution >= 0.6 is 11.6 Å². The van der Waals surface area contributed by atoms with Crippen LogP contribution in [-0.4, -0.2) is 37.2 Å². The third kappa shape index (κ3) is 6.93. The molecule has 1 aromatic carbocycles. The van der Waals surface area contributed by atoms with Crippen molar-refractivity contribution in [3.05, 3.63) is 34.4 Å². The van der Waals surface area contributed by atoms with Crippen molar-refractivity contribution in [3.8, 4) is 0 Å². The molecule has 1 fully saturated rings. The van der Waals surface area contributed by atoms with Gasteiger partial charge in [-0.3, -0.25) is 14.4 Å². The van der Waals surface area contributed by atoms with E-state index >= 15 is 0 Å². The number of nitrogens with two attached hydrogens (primary N) is 1. The van der Waals surface area contributed by atoms with Crippen LogP contribution in [0.4, 0.5) is 8.78 Å². The second-order valence-electron chi connectivity index (χ2n) is 7.52. The van der Waals surface area contributed by atoms with Gasteiger partial charge in [-0.05, 0) is 37.3 Å². The van der Waals surface area contributed by atoms with Crippen molar-refractivity contribution in [2.75, 3.05) is 14.1 Å². The van der Waals surface area contributed by atoms with E-state index < -0.39 is 23.6 Å². The summed E-state index contributed by atoms with van der Waals surface area (Å²) in [6.45, 7) is 1.82.